The van der Waals surface area contributed by atoms with Crippen LogP contribution in [0.25, 0.3) is 0 Å². The van der Waals surface area contributed by atoms with Crippen LogP contribution in [0.5, 0.6) is 5.75 Å². The molecule has 0 aliphatic heterocycles. The van der Waals surface area contributed by atoms with E-state index in [9.17, 15) is 26.1 Å². The Morgan fingerprint density at radius 3 is 2.16 bits per heavy atom. The van der Waals surface area contributed by atoms with E-state index in [1.54, 1.807) is 0 Å². The molecule has 0 aromatic heterocycles. The summed E-state index contributed by atoms with van der Waals surface area (Å²) in [5, 5.41) is 0. The number of hydrogen-bond donors (Lipinski definition) is 0. The fourth-order valence-electron chi connectivity index (χ4n) is 1.39. The summed E-state index contributed by atoms with van der Waals surface area (Å²) in [5.41, 5.74) is -0.829. The van der Waals surface area contributed by atoms with Gasteiger partial charge in [-0.25, -0.2) is 0 Å². The number of rotatable bonds is 4. The molecule has 0 amide bonds. The van der Waals surface area contributed by atoms with Crippen molar-refractivity contribution < 1.29 is 82.2 Å². The van der Waals surface area contributed by atoms with Crippen LogP contribution in [0.15, 0.2) is 18.2 Å². The Bertz CT molecular complexity index is 417. The van der Waals surface area contributed by atoms with Crippen LogP contribution in [-0.2, 0) is 0 Å². The average Bonchev–Trinajstić information content (AvgIpc) is 2.13. The van der Waals surface area contributed by atoms with Gasteiger partial charge in [0, 0.05) is 0 Å². The molecule has 0 aliphatic carbocycles. The van der Waals surface area contributed by atoms with Gasteiger partial charge in [0.1, 0.15) is 5.75 Å². The van der Waals surface area contributed by atoms with Crippen LogP contribution in [0, 0.1) is 6.92 Å². The van der Waals surface area contributed by atoms with Gasteiger partial charge in [0.05, 0.1) is 13.0 Å². The van der Waals surface area contributed by atoms with Crippen molar-refractivity contribution >= 4 is 12.4 Å². The monoisotopic (exact) mass is 310 g/mol. The zero-order valence-corrected chi connectivity index (χ0v) is 13.5. The second-order valence-corrected chi connectivity index (χ2v) is 3.81. The third-order valence-electron chi connectivity index (χ3n) is 2.25. The van der Waals surface area contributed by atoms with E-state index in [-0.39, 0.29) is 62.7 Å². The van der Waals surface area contributed by atoms with Gasteiger partial charge in [-0.1, -0.05) is 11.6 Å². The molecular formula is C10H10BF6KO. The first-order valence-electron chi connectivity index (χ1n) is 5.09. The van der Waals surface area contributed by atoms with E-state index in [1.165, 1.54) is 6.92 Å². The summed E-state index contributed by atoms with van der Waals surface area (Å²) in [6, 6.07) is 2.92. The fraction of sp³-hybridized carbons (Fsp3) is 0.400. The predicted molar refractivity (Wildman–Crippen MR) is 56.1 cm³/mol. The van der Waals surface area contributed by atoms with Gasteiger partial charge in [0.2, 0.25) is 0 Å². The van der Waals surface area contributed by atoms with E-state index in [0.717, 1.165) is 18.2 Å². The molecule has 0 heterocycles. The minimum Gasteiger partial charge on any atom is -0.493 e. The second-order valence-electron chi connectivity index (χ2n) is 3.81. The summed E-state index contributed by atoms with van der Waals surface area (Å²) in [7, 11) is 0. The molecule has 1 nitrogen and oxygen atoms in total. The topological polar surface area (TPSA) is 9.23 Å². The maximum atomic E-state index is 12.5. The first-order chi connectivity index (χ1) is 8.09. The quantitative estimate of drug-likeness (QED) is 0.577. The largest absolute Gasteiger partial charge is 1.00 e. The van der Waals surface area contributed by atoms with Crippen molar-refractivity contribution in [1.29, 1.82) is 0 Å². The SMILES string of the molecule is Cc1cc(OCCC(F)(F)F)ccc1[B-](F)(F)F.[K+]. The number of benzene rings is 1. The molecule has 19 heavy (non-hydrogen) atoms. The van der Waals surface area contributed by atoms with Crippen LogP contribution in [0.4, 0.5) is 26.1 Å². The molecule has 102 valence electrons. The molecule has 1 aromatic carbocycles. The fourth-order valence-corrected chi connectivity index (χ4v) is 1.39. The molecule has 0 fully saturated rings. The third kappa shape index (κ3) is 7.03. The van der Waals surface area contributed by atoms with Gasteiger partial charge in [0.25, 0.3) is 0 Å². The van der Waals surface area contributed by atoms with Crippen molar-refractivity contribution in [3.8, 4) is 5.75 Å². The molecule has 0 saturated heterocycles. The van der Waals surface area contributed by atoms with Gasteiger partial charge < -0.3 is 17.7 Å². The maximum absolute atomic E-state index is 12.5. The van der Waals surface area contributed by atoms with Gasteiger partial charge in [0.15, 0.2) is 0 Å². The average molecular weight is 310 g/mol. The van der Waals surface area contributed by atoms with E-state index in [2.05, 4.69) is 0 Å². The van der Waals surface area contributed by atoms with Gasteiger partial charge in [-0.2, -0.15) is 13.2 Å². The minimum absolute atomic E-state index is 0. The molecule has 0 bridgehead atoms. The van der Waals surface area contributed by atoms with Crippen LogP contribution < -0.4 is 61.6 Å². The first-order valence-corrected chi connectivity index (χ1v) is 5.09. The molecule has 1 rings (SSSR count). The minimum atomic E-state index is -5.12. The Kier molecular flexibility index (Phi) is 7.47. The zero-order chi connectivity index (χ0) is 14.0. The van der Waals surface area contributed by atoms with Gasteiger partial charge >= 0.3 is 64.5 Å². The van der Waals surface area contributed by atoms with Gasteiger partial charge in [-0.05, 0) is 19.1 Å². The Morgan fingerprint density at radius 2 is 1.74 bits per heavy atom. The van der Waals surface area contributed by atoms with Crippen LogP contribution in [0.1, 0.15) is 12.0 Å². The zero-order valence-electron chi connectivity index (χ0n) is 10.4. The summed E-state index contributed by atoms with van der Waals surface area (Å²) < 4.78 is 77.6. The first kappa shape index (κ1) is 19.3. The molecule has 0 unspecified atom stereocenters. The predicted octanol–water partition coefficient (Wildman–Crippen LogP) is 0.385. The maximum Gasteiger partial charge on any atom is 1.00 e. The Morgan fingerprint density at radius 1 is 1.16 bits per heavy atom. The summed E-state index contributed by atoms with van der Waals surface area (Å²) in [4.78, 5) is 0. The van der Waals surface area contributed by atoms with Crippen LogP contribution >= 0.6 is 0 Å². The normalized spacial score (nSPS) is 11.9. The van der Waals surface area contributed by atoms with Crippen molar-refractivity contribution in [1.82, 2.24) is 0 Å². The number of halogens is 6. The Balaban J connectivity index is 0.00000324. The number of aryl methyl sites for hydroxylation is 1. The molecule has 0 spiro atoms. The van der Waals surface area contributed by atoms with E-state index >= 15 is 0 Å². The van der Waals surface area contributed by atoms with Crippen LogP contribution in [0.2, 0.25) is 0 Å². The third-order valence-corrected chi connectivity index (χ3v) is 2.25. The van der Waals surface area contributed by atoms with Crippen molar-refractivity contribution in [2.75, 3.05) is 6.61 Å². The summed E-state index contributed by atoms with van der Waals surface area (Å²) in [6.45, 7) is -4.49. The molecular weight excluding hydrogens is 300 g/mol. The molecule has 0 radical (unpaired) electrons. The molecule has 0 N–H and O–H groups in total. The molecule has 1 aromatic rings. The van der Waals surface area contributed by atoms with Gasteiger partial charge in [-0.15, -0.1) is 5.46 Å². The van der Waals surface area contributed by atoms with E-state index in [1.807, 2.05) is 0 Å². The number of ether oxygens (including phenoxy) is 1. The second kappa shape index (κ2) is 7.35. The van der Waals surface area contributed by atoms with E-state index in [0.29, 0.717) is 0 Å². The van der Waals surface area contributed by atoms with Crippen molar-refractivity contribution in [3.63, 3.8) is 0 Å². The molecule has 9 heteroatoms. The standard InChI is InChI=1S/C10H10BF6O.K/c1-7-6-8(18-5-4-10(12,13)14)2-3-9(7)11(15,16)17;/h2-3,6H,4-5H2,1H3;/q-1;+1. The number of hydrogen-bond acceptors (Lipinski definition) is 1. The Labute approximate surface area is 149 Å². The molecule has 0 saturated carbocycles. The molecule has 0 aliphatic rings. The van der Waals surface area contributed by atoms with Crippen molar-refractivity contribution in [2.45, 2.75) is 19.5 Å². The smallest absolute Gasteiger partial charge is 0.493 e. The summed E-state index contributed by atoms with van der Waals surface area (Å²) in [5.74, 6) is 0.000509. The van der Waals surface area contributed by atoms with Crippen LogP contribution in [-0.4, -0.2) is 19.8 Å². The summed E-state index contributed by atoms with van der Waals surface area (Å²) in [6.07, 6.45) is -5.49. The Hall–Kier alpha value is 0.301. The van der Waals surface area contributed by atoms with Crippen LogP contribution in [0.3, 0.4) is 0 Å². The van der Waals surface area contributed by atoms with Crippen molar-refractivity contribution in [3.05, 3.63) is 23.8 Å². The van der Waals surface area contributed by atoms with E-state index < -0.39 is 31.6 Å². The van der Waals surface area contributed by atoms with Gasteiger partial charge in [-0.3, -0.25) is 0 Å². The number of alkyl halides is 3. The van der Waals surface area contributed by atoms with Crippen molar-refractivity contribution in [2.24, 2.45) is 0 Å². The molecule has 0 atom stereocenters. The van der Waals surface area contributed by atoms with E-state index in [4.69, 9.17) is 4.74 Å². The summed E-state index contributed by atoms with van der Waals surface area (Å²) >= 11 is 0.